The number of hydrogen-bond donors (Lipinski definition) is 1. The van der Waals surface area contributed by atoms with Crippen molar-refractivity contribution < 1.29 is 8.42 Å². The molecule has 8 nitrogen and oxygen atoms in total. The van der Waals surface area contributed by atoms with Crippen molar-refractivity contribution in [2.24, 2.45) is 0 Å². The summed E-state index contributed by atoms with van der Waals surface area (Å²) in [6.07, 6.45) is 0. The van der Waals surface area contributed by atoms with Gasteiger partial charge in [0.25, 0.3) is 10.0 Å². The van der Waals surface area contributed by atoms with Crippen LogP contribution in [0.3, 0.4) is 0 Å². The summed E-state index contributed by atoms with van der Waals surface area (Å²) in [6, 6.07) is 7.75. The summed E-state index contributed by atoms with van der Waals surface area (Å²) in [4.78, 5) is 4.06. The lowest BCUT2D eigenvalue weighted by Crippen LogP contribution is -2.17. The van der Waals surface area contributed by atoms with Crippen LogP contribution in [0.25, 0.3) is 5.65 Å². The molecule has 0 saturated heterocycles. The van der Waals surface area contributed by atoms with Crippen molar-refractivity contribution in [3.63, 3.8) is 0 Å². The van der Waals surface area contributed by atoms with Crippen molar-refractivity contribution in [3.8, 4) is 0 Å². The lowest BCUT2D eigenvalue weighted by atomic mass is 10.4. The standard InChI is InChI=1S/C11H9ClN6O2S/c1-7-6-10-14-16-17-18(10)11(13-7)15-21(19,20)9-5-3-2-4-8(9)12/h2-6H,1H3,(H,13,15). The number of anilines is 1. The molecule has 0 spiro atoms. The van der Waals surface area contributed by atoms with E-state index in [1.807, 2.05) is 0 Å². The highest BCUT2D eigenvalue weighted by molar-refractivity contribution is 7.92. The third-order valence-corrected chi connectivity index (χ3v) is 4.49. The lowest BCUT2D eigenvalue weighted by Gasteiger charge is -2.09. The molecule has 1 N–H and O–H groups in total. The number of benzene rings is 1. The van der Waals surface area contributed by atoms with Crippen LogP contribution in [-0.2, 0) is 10.0 Å². The molecule has 10 heteroatoms. The van der Waals surface area contributed by atoms with E-state index >= 15 is 0 Å². The Morgan fingerprint density at radius 1 is 1.29 bits per heavy atom. The number of rotatable bonds is 3. The Bertz CT molecular complexity index is 923. The maximum absolute atomic E-state index is 12.4. The van der Waals surface area contributed by atoms with E-state index in [1.54, 1.807) is 25.1 Å². The van der Waals surface area contributed by atoms with Crippen molar-refractivity contribution in [1.82, 2.24) is 25.0 Å². The monoisotopic (exact) mass is 324 g/mol. The normalized spacial score (nSPS) is 11.7. The van der Waals surface area contributed by atoms with E-state index in [0.29, 0.717) is 11.3 Å². The number of aromatic nitrogens is 5. The summed E-state index contributed by atoms with van der Waals surface area (Å²) < 4.78 is 28.3. The van der Waals surface area contributed by atoms with Gasteiger partial charge >= 0.3 is 0 Å². The van der Waals surface area contributed by atoms with Gasteiger partial charge in [-0.1, -0.05) is 23.7 Å². The largest absolute Gasteiger partial charge is 0.265 e. The molecule has 0 fully saturated rings. The minimum absolute atomic E-state index is 0.00470. The van der Waals surface area contributed by atoms with E-state index in [1.165, 1.54) is 16.6 Å². The minimum atomic E-state index is -3.89. The van der Waals surface area contributed by atoms with Crippen LogP contribution in [0.4, 0.5) is 5.95 Å². The first-order chi connectivity index (χ1) is 9.97. The molecule has 2 aromatic heterocycles. The fourth-order valence-corrected chi connectivity index (χ4v) is 3.28. The van der Waals surface area contributed by atoms with Gasteiger partial charge in [-0.3, -0.25) is 0 Å². The van der Waals surface area contributed by atoms with Gasteiger partial charge in [-0.05, 0) is 29.5 Å². The first-order valence-electron chi connectivity index (χ1n) is 5.80. The summed E-state index contributed by atoms with van der Waals surface area (Å²) in [5.74, 6) is -0.00470. The molecule has 3 aromatic rings. The Morgan fingerprint density at radius 3 is 2.81 bits per heavy atom. The van der Waals surface area contributed by atoms with Gasteiger partial charge in [-0.15, -0.1) is 5.10 Å². The fourth-order valence-electron chi connectivity index (χ4n) is 1.77. The Hall–Kier alpha value is -2.26. The summed E-state index contributed by atoms with van der Waals surface area (Å²) in [5, 5.41) is 11.1. The van der Waals surface area contributed by atoms with Gasteiger partial charge in [0.15, 0.2) is 5.65 Å². The number of fused-ring (bicyclic) bond motifs is 1. The molecule has 108 valence electrons. The van der Waals surface area contributed by atoms with Crippen molar-refractivity contribution in [3.05, 3.63) is 41.0 Å². The molecule has 0 aliphatic heterocycles. The molecule has 0 unspecified atom stereocenters. The Morgan fingerprint density at radius 2 is 2.05 bits per heavy atom. The highest BCUT2D eigenvalue weighted by Gasteiger charge is 2.20. The van der Waals surface area contributed by atoms with Crippen LogP contribution >= 0.6 is 11.6 Å². The van der Waals surface area contributed by atoms with Crippen LogP contribution in [0.5, 0.6) is 0 Å². The van der Waals surface area contributed by atoms with E-state index in [-0.39, 0.29) is 15.9 Å². The summed E-state index contributed by atoms with van der Waals surface area (Å²) >= 11 is 5.92. The molecular formula is C11H9ClN6O2S. The van der Waals surface area contributed by atoms with E-state index in [2.05, 4.69) is 25.2 Å². The SMILES string of the molecule is Cc1cc2nnnn2c(NS(=O)(=O)c2ccccc2Cl)n1. The zero-order chi connectivity index (χ0) is 15.0. The maximum atomic E-state index is 12.4. The number of sulfonamides is 1. The minimum Gasteiger partial charge on any atom is -0.247 e. The van der Waals surface area contributed by atoms with Crippen molar-refractivity contribution in [2.75, 3.05) is 4.72 Å². The van der Waals surface area contributed by atoms with Crippen LogP contribution in [0.1, 0.15) is 5.69 Å². The van der Waals surface area contributed by atoms with Gasteiger partial charge in [0.1, 0.15) is 4.90 Å². The number of halogens is 1. The third kappa shape index (κ3) is 2.52. The molecule has 0 amide bonds. The van der Waals surface area contributed by atoms with Gasteiger partial charge in [0.05, 0.1) is 5.02 Å². The maximum Gasteiger partial charge on any atom is 0.265 e. The first kappa shape index (κ1) is 13.7. The lowest BCUT2D eigenvalue weighted by molar-refractivity contribution is 0.600. The van der Waals surface area contributed by atoms with Crippen LogP contribution in [0.2, 0.25) is 5.02 Å². The second kappa shape index (κ2) is 4.93. The van der Waals surface area contributed by atoms with Gasteiger partial charge in [-0.2, -0.15) is 4.52 Å². The van der Waals surface area contributed by atoms with Crippen molar-refractivity contribution in [1.29, 1.82) is 0 Å². The van der Waals surface area contributed by atoms with E-state index < -0.39 is 10.0 Å². The third-order valence-electron chi connectivity index (χ3n) is 2.67. The smallest absolute Gasteiger partial charge is 0.247 e. The molecule has 0 aliphatic carbocycles. The first-order valence-corrected chi connectivity index (χ1v) is 7.66. The molecule has 3 rings (SSSR count). The van der Waals surface area contributed by atoms with E-state index in [4.69, 9.17) is 11.6 Å². The van der Waals surface area contributed by atoms with Gasteiger partial charge in [0.2, 0.25) is 5.95 Å². The number of hydrogen-bond acceptors (Lipinski definition) is 6. The molecule has 0 bridgehead atoms. The zero-order valence-electron chi connectivity index (χ0n) is 10.7. The second-order valence-corrected chi connectivity index (χ2v) is 6.26. The molecule has 21 heavy (non-hydrogen) atoms. The Kier molecular flexibility index (Phi) is 3.22. The van der Waals surface area contributed by atoms with E-state index in [0.717, 1.165) is 0 Å². The van der Waals surface area contributed by atoms with E-state index in [9.17, 15) is 8.42 Å². The molecule has 0 saturated carbocycles. The van der Waals surface area contributed by atoms with Crippen LogP contribution in [0, 0.1) is 6.92 Å². The molecule has 2 heterocycles. The zero-order valence-corrected chi connectivity index (χ0v) is 12.3. The van der Waals surface area contributed by atoms with Crippen LogP contribution < -0.4 is 4.72 Å². The summed E-state index contributed by atoms with van der Waals surface area (Å²) in [7, 11) is -3.89. The fraction of sp³-hybridized carbons (Fsp3) is 0.0909. The molecule has 0 radical (unpaired) electrons. The highest BCUT2D eigenvalue weighted by Crippen LogP contribution is 2.22. The number of tetrazole rings is 1. The summed E-state index contributed by atoms with van der Waals surface area (Å²) in [5.41, 5.74) is 0.966. The quantitative estimate of drug-likeness (QED) is 0.778. The topological polar surface area (TPSA) is 102 Å². The molecule has 0 aliphatic rings. The predicted molar refractivity (Wildman–Crippen MR) is 75.6 cm³/mol. The van der Waals surface area contributed by atoms with Gasteiger partial charge < -0.3 is 0 Å². The van der Waals surface area contributed by atoms with Gasteiger partial charge in [0, 0.05) is 11.8 Å². The van der Waals surface area contributed by atoms with Crippen molar-refractivity contribution >= 4 is 33.2 Å². The number of nitrogens with one attached hydrogen (secondary N) is 1. The predicted octanol–water partition coefficient (Wildman–Crippen LogP) is 1.28. The van der Waals surface area contributed by atoms with Crippen LogP contribution in [-0.4, -0.2) is 33.4 Å². The molecule has 1 aromatic carbocycles. The van der Waals surface area contributed by atoms with Gasteiger partial charge in [-0.25, -0.2) is 18.1 Å². The number of nitrogens with zero attached hydrogens (tertiary/aromatic N) is 5. The van der Waals surface area contributed by atoms with Crippen molar-refractivity contribution in [2.45, 2.75) is 11.8 Å². The number of aryl methyl sites for hydroxylation is 1. The average molecular weight is 325 g/mol. The second-order valence-electron chi connectivity index (χ2n) is 4.21. The van der Waals surface area contributed by atoms with Crippen LogP contribution in [0.15, 0.2) is 35.2 Å². The molecular weight excluding hydrogens is 316 g/mol. The summed E-state index contributed by atoms with van der Waals surface area (Å²) in [6.45, 7) is 1.71. The average Bonchev–Trinajstić information content (AvgIpc) is 2.86. The highest BCUT2D eigenvalue weighted by atomic mass is 35.5. The molecule has 0 atom stereocenters. The Labute approximate surface area is 124 Å². The Balaban J connectivity index is 2.10.